The molecule has 0 bridgehead atoms. The van der Waals surface area contributed by atoms with Crippen molar-refractivity contribution in [2.24, 2.45) is 0 Å². The minimum atomic E-state index is -0.160. The summed E-state index contributed by atoms with van der Waals surface area (Å²) in [5.74, 6) is 0.812. The number of nitrogens with zero attached hydrogens (tertiary/aromatic N) is 5. The van der Waals surface area contributed by atoms with Gasteiger partial charge in [0, 0.05) is 70.4 Å². The van der Waals surface area contributed by atoms with Gasteiger partial charge in [-0.05, 0) is 38.5 Å². The summed E-state index contributed by atoms with van der Waals surface area (Å²) in [7, 11) is 0. The first kappa shape index (κ1) is 19.7. The Kier molecular flexibility index (Phi) is 4.74. The number of halogens is 1. The van der Waals surface area contributed by atoms with Crippen molar-refractivity contribution in [3.63, 3.8) is 0 Å². The molecule has 1 aromatic carbocycles. The van der Waals surface area contributed by atoms with Gasteiger partial charge in [-0.2, -0.15) is 4.52 Å². The number of aromatic nitrogens is 4. The number of aryl methyl sites for hydroxylation is 2. The second kappa shape index (κ2) is 7.46. The summed E-state index contributed by atoms with van der Waals surface area (Å²) in [4.78, 5) is 24.0. The van der Waals surface area contributed by atoms with Crippen molar-refractivity contribution in [2.45, 2.75) is 33.7 Å². The predicted octanol–water partition coefficient (Wildman–Crippen LogP) is 4.29. The van der Waals surface area contributed by atoms with E-state index in [0.717, 1.165) is 52.3 Å². The molecule has 0 atom stereocenters. The maximum Gasteiger partial charge on any atom is 0.274 e. The monoisotopic (exact) mass is 431 g/mol. The lowest BCUT2D eigenvalue weighted by Crippen LogP contribution is -2.34. The van der Waals surface area contributed by atoms with E-state index in [9.17, 15) is 4.79 Å². The van der Waals surface area contributed by atoms with Crippen molar-refractivity contribution >= 4 is 23.1 Å². The maximum atomic E-state index is 12.5. The van der Waals surface area contributed by atoms with E-state index in [2.05, 4.69) is 16.0 Å². The molecule has 0 amide bonds. The third-order valence-corrected chi connectivity index (χ3v) is 6.31. The smallest absolute Gasteiger partial charge is 0.274 e. The molecule has 4 aromatic rings. The Morgan fingerprint density at radius 3 is 2.68 bits per heavy atom. The van der Waals surface area contributed by atoms with Crippen molar-refractivity contribution < 1.29 is 0 Å². The number of fused-ring (bicyclic) bond motifs is 2. The van der Waals surface area contributed by atoms with Crippen LogP contribution in [0.1, 0.15) is 28.1 Å². The molecular formula is C24H22ClN5O. The highest BCUT2D eigenvalue weighted by molar-refractivity contribution is 6.33. The Balaban J connectivity index is 1.57. The zero-order chi connectivity index (χ0) is 21.7. The number of hydrogen-bond donors (Lipinski definition) is 0. The van der Waals surface area contributed by atoms with Crippen molar-refractivity contribution in [3.8, 4) is 11.1 Å². The van der Waals surface area contributed by atoms with Gasteiger partial charge in [0.25, 0.3) is 5.56 Å². The fraction of sp³-hybridized carbons (Fsp3) is 0.250. The van der Waals surface area contributed by atoms with Gasteiger partial charge in [-0.3, -0.25) is 9.78 Å². The second-order valence-corrected chi connectivity index (χ2v) is 8.43. The van der Waals surface area contributed by atoms with E-state index in [1.807, 2.05) is 51.2 Å². The number of rotatable bonds is 2. The molecule has 5 rings (SSSR count). The van der Waals surface area contributed by atoms with Crippen molar-refractivity contribution in [1.29, 1.82) is 0 Å². The minimum absolute atomic E-state index is 0.160. The average molecular weight is 432 g/mol. The Morgan fingerprint density at radius 1 is 1.06 bits per heavy atom. The van der Waals surface area contributed by atoms with Crippen LogP contribution in [0.25, 0.3) is 16.8 Å². The fourth-order valence-corrected chi connectivity index (χ4v) is 4.43. The van der Waals surface area contributed by atoms with E-state index in [-0.39, 0.29) is 5.56 Å². The first-order valence-corrected chi connectivity index (χ1v) is 10.7. The normalized spacial score (nSPS) is 13.5. The molecule has 0 aliphatic carbocycles. The van der Waals surface area contributed by atoms with E-state index in [4.69, 9.17) is 21.7 Å². The zero-order valence-corrected chi connectivity index (χ0v) is 18.4. The predicted molar refractivity (Wildman–Crippen MR) is 123 cm³/mol. The molecule has 0 saturated heterocycles. The largest absolute Gasteiger partial charge is 0.350 e. The first-order valence-electron chi connectivity index (χ1n) is 10.3. The third-order valence-electron chi connectivity index (χ3n) is 5.98. The van der Waals surface area contributed by atoms with Gasteiger partial charge < -0.3 is 4.90 Å². The quantitative estimate of drug-likeness (QED) is 0.473. The van der Waals surface area contributed by atoms with Gasteiger partial charge in [0.05, 0.1) is 0 Å². The molecule has 156 valence electrons. The summed E-state index contributed by atoms with van der Waals surface area (Å²) in [5, 5.41) is 5.40. The molecule has 0 unspecified atom stereocenters. The molecule has 0 radical (unpaired) electrons. The minimum Gasteiger partial charge on any atom is -0.350 e. The van der Waals surface area contributed by atoms with Crippen LogP contribution in [0, 0.1) is 20.8 Å². The molecular weight excluding hydrogens is 410 g/mol. The van der Waals surface area contributed by atoms with Gasteiger partial charge in [0.15, 0.2) is 11.5 Å². The summed E-state index contributed by atoms with van der Waals surface area (Å²) in [5.41, 5.74) is 7.39. The number of pyridine rings is 1. The lowest BCUT2D eigenvalue weighted by Gasteiger charge is -2.31. The molecule has 0 saturated carbocycles. The SMILES string of the molecule is Cc1cc(=O)n2nc(N3CCc4ncc(-c5ccccc5Cl)cc4C3)c(C)c(C)c2n1. The van der Waals surface area contributed by atoms with Crippen LogP contribution in [0.5, 0.6) is 0 Å². The van der Waals surface area contributed by atoms with Crippen molar-refractivity contribution in [2.75, 3.05) is 11.4 Å². The molecule has 0 spiro atoms. The molecule has 3 aromatic heterocycles. The van der Waals surface area contributed by atoms with E-state index in [1.54, 1.807) is 0 Å². The zero-order valence-electron chi connectivity index (χ0n) is 17.7. The first-order chi connectivity index (χ1) is 14.9. The van der Waals surface area contributed by atoms with Gasteiger partial charge in [0.2, 0.25) is 0 Å². The van der Waals surface area contributed by atoms with Gasteiger partial charge in [-0.25, -0.2) is 4.98 Å². The molecule has 4 heterocycles. The Morgan fingerprint density at radius 2 is 1.87 bits per heavy atom. The van der Waals surface area contributed by atoms with E-state index in [0.29, 0.717) is 22.9 Å². The average Bonchev–Trinajstić information content (AvgIpc) is 2.76. The highest BCUT2D eigenvalue weighted by Gasteiger charge is 2.23. The standard InChI is InChI=1S/C24H22ClN5O/c1-14-10-22(31)30-23(27-14)15(2)16(3)24(28-30)29-9-8-21-18(13-29)11-17(12-26-21)19-6-4-5-7-20(19)25/h4-7,10-12H,8-9,13H2,1-3H3. The number of benzene rings is 1. The fourth-order valence-electron chi connectivity index (χ4n) is 4.19. The second-order valence-electron chi connectivity index (χ2n) is 8.03. The highest BCUT2D eigenvalue weighted by Crippen LogP contribution is 2.31. The molecule has 6 nitrogen and oxygen atoms in total. The molecule has 1 aliphatic heterocycles. The van der Waals surface area contributed by atoms with Crippen LogP contribution < -0.4 is 10.5 Å². The summed E-state index contributed by atoms with van der Waals surface area (Å²) in [6, 6.07) is 11.5. The lowest BCUT2D eigenvalue weighted by atomic mass is 10.00. The summed E-state index contributed by atoms with van der Waals surface area (Å²) in [6.45, 7) is 7.33. The van der Waals surface area contributed by atoms with Crippen LogP contribution in [-0.2, 0) is 13.0 Å². The van der Waals surface area contributed by atoms with E-state index < -0.39 is 0 Å². The van der Waals surface area contributed by atoms with E-state index in [1.165, 1.54) is 10.6 Å². The molecule has 31 heavy (non-hydrogen) atoms. The van der Waals surface area contributed by atoms with Crippen molar-refractivity contribution in [3.05, 3.63) is 86.0 Å². The molecule has 0 N–H and O–H groups in total. The molecule has 0 fully saturated rings. The van der Waals surface area contributed by atoms with Gasteiger partial charge in [-0.1, -0.05) is 29.8 Å². The number of anilines is 1. The van der Waals surface area contributed by atoms with Crippen LogP contribution in [0.2, 0.25) is 5.02 Å². The van der Waals surface area contributed by atoms with Crippen LogP contribution in [0.3, 0.4) is 0 Å². The van der Waals surface area contributed by atoms with Crippen LogP contribution in [0.4, 0.5) is 5.82 Å². The maximum absolute atomic E-state index is 12.5. The lowest BCUT2D eigenvalue weighted by molar-refractivity contribution is 0.684. The molecule has 1 aliphatic rings. The topological polar surface area (TPSA) is 63.4 Å². The summed E-state index contributed by atoms with van der Waals surface area (Å²) in [6.07, 6.45) is 2.71. The Bertz CT molecular complexity index is 1400. The van der Waals surface area contributed by atoms with Gasteiger partial charge in [-0.15, -0.1) is 5.10 Å². The van der Waals surface area contributed by atoms with Crippen LogP contribution in [-0.4, -0.2) is 26.1 Å². The highest BCUT2D eigenvalue weighted by atomic mass is 35.5. The van der Waals surface area contributed by atoms with Gasteiger partial charge >= 0.3 is 0 Å². The number of hydrogen-bond acceptors (Lipinski definition) is 5. The third kappa shape index (κ3) is 3.37. The summed E-state index contributed by atoms with van der Waals surface area (Å²) >= 11 is 6.40. The van der Waals surface area contributed by atoms with Crippen molar-refractivity contribution in [1.82, 2.24) is 19.6 Å². The van der Waals surface area contributed by atoms with Crippen LogP contribution >= 0.6 is 11.6 Å². The van der Waals surface area contributed by atoms with E-state index >= 15 is 0 Å². The Hall–Kier alpha value is -3.25. The summed E-state index contributed by atoms with van der Waals surface area (Å²) < 4.78 is 1.42. The Labute approximate surface area is 185 Å². The van der Waals surface area contributed by atoms with Gasteiger partial charge in [0.1, 0.15) is 0 Å². The van der Waals surface area contributed by atoms with Crippen LogP contribution in [0.15, 0.2) is 47.4 Å². The molecule has 7 heteroatoms.